The van der Waals surface area contributed by atoms with Gasteiger partial charge in [-0.1, -0.05) is 12.1 Å². The molecule has 1 aromatic rings. The number of carbonyl (C=O) groups excluding carboxylic acids is 2. The number of carbonyl (C=O) groups is 2. The van der Waals surface area contributed by atoms with Crippen LogP contribution in [0.3, 0.4) is 0 Å². The molecule has 7 nitrogen and oxygen atoms in total. The smallest absolute Gasteiger partial charge is 0.347 e. The quantitative estimate of drug-likeness (QED) is 0.574. The van der Waals surface area contributed by atoms with E-state index >= 15 is 0 Å². The van der Waals surface area contributed by atoms with Gasteiger partial charge in [-0.25, -0.2) is 9.59 Å². The van der Waals surface area contributed by atoms with Crippen LogP contribution in [-0.2, 0) is 19.1 Å². The first-order valence-electron chi connectivity index (χ1n) is 8.17. The van der Waals surface area contributed by atoms with Gasteiger partial charge >= 0.3 is 11.9 Å². The number of thiocarbonyl (C=S) groups is 1. The first-order chi connectivity index (χ1) is 12.4. The molecule has 0 saturated heterocycles. The molecule has 0 amide bonds. The molecule has 2 rings (SSSR count). The summed E-state index contributed by atoms with van der Waals surface area (Å²) in [6, 6.07) is 6.61. The molecular weight excluding hydrogens is 356 g/mol. The van der Waals surface area contributed by atoms with E-state index in [1.54, 1.807) is 45.0 Å². The van der Waals surface area contributed by atoms with Gasteiger partial charge in [-0.15, -0.1) is 0 Å². The zero-order valence-electron chi connectivity index (χ0n) is 15.1. The summed E-state index contributed by atoms with van der Waals surface area (Å²) in [5, 5.41) is 6.43. The molecule has 8 heteroatoms. The molecular formula is C18H22N2O5S. The highest BCUT2D eigenvalue weighted by Gasteiger charge is 2.30. The predicted molar refractivity (Wildman–Crippen MR) is 99.5 cm³/mol. The summed E-state index contributed by atoms with van der Waals surface area (Å²) in [5.41, 5.74) is 1.90. The van der Waals surface area contributed by atoms with E-state index in [1.807, 2.05) is 0 Å². The normalized spacial score (nSPS) is 17.7. The van der Waals surface area contributed by atoms with Crippen molar-refractivity contribution in [2.75, 3.05) is 13.7 Å². The second-order valence-electron chi connectivity index (χ2n) is 5.64. The molecule has 2 N–H and O–H groups in total. The molecule has 0 fully saturated rings. The SMILES string of the molecule is CCOC(=O)[C@H](C)Oc1ccc([C@H]2NC(=S)NC(C)=C2C(=O)OC)cc1. The lowest BCUT2D eigenvalue weighted by Gasteiger charge is -2.29. The molecule has 1 aromatic carbocycles. The van der Waals surface area contributed by atoms with Crippen LogP contribution in [0, 0.1) is 0 Å². The number of esters is 2. The van der Waals surface area contributed by atoms with E-state index in [9.17, 15) is 9.59 Å². The van der Waals surface area contributed by atoms with E-state index in [4.69, 9.17) is 26.4 Å². The van der Waals surface area contributed by atoms with Crippen molar-refractivity contribution in [3.8, 4) is 5.75 Å². The Labute approximate surface area is 157 Å². The minimum absolute atomic E-state index is 0.300. The monoisotopic (exact) mass is 378 g/mol. The Hall–Kier alpha value is -2.61. The third kappa shape index (κ3) is 4.51. The molecule has 1 heterocycles. The average Bonchev–Trinajstić information content (AvgIpc) is 2.61. The Bertz CT molecular complexity index is 730. The average molecular weight is 378 g/mol. The van der Waals surface area contributed by atoms with E-state index in [1.165, 1.54) is 7.11 Å². The van der Waals surface area contributed by atoms with Crippen LogP contribution in [0.1, 0.15) is 32.4 Å². The van der Waals surface area contributed by atoms with Crippen LogP contribution in [0.15, 0.2) is 35.5 Å². The maximum atomic E-state index is 12.1. The van der Waals surface area contributed by atoms with E-state index < -0.39 is 24.1 Å². The van der Waals surface area contributed by atoms with Gasteiger partial charge in [0.25, 0.3) is 0 Å². The van der Waals surface area contributed by atoms with E-state index in [2.05, 4.69) is 10.6 Å². The summed E-state index contributed by atoms with van der Waals surface area (Å²) in [6.45, 7) is 5.43. The number of hydrogen-bond acceptors (Lipinski definition) is 6. The minimum atomic E-state index is -0.710. The highest BCUT2D eigenvalue weighted by atomic mass is 32.1. The van der Waals surface area contributed by atoms with Gasteiger partial charge < -0.3 is 24.8 Å². The number of benzene rings is 1. The fourth-order valence-electron chi connectivity index (χ4n) is 2.58. The number of ether oxygens (including phenoxy) is 3. The largest absolute Gasteiger partial charge is 0.479 e. The van der Waals surface area contributed by atoms with Gasteiger partial charge in [0.2, 0.25) is 0 Å². The fraction of sp³-hybridized carbons (Fsp3) is 0.389. The van der Waals surface area contributed by atoms with Crippen molar-refractivity contribution >= 4 is 29.3 Å². The van der Waals surface area contributed by atoms with Gasteiger partial charge in [0, 0.05) is 5.70 Å². The number of hydrogen-bond donors (Lipinski definition) is 2. The highest BCUT2D eigenvalue weighted by molar-refractivity contribution is 7.80. The molecule has 0 bridgehead atoms. The Morgan fingerprint density at radius 1 is 1.27 bits per heavy atom. The molecule has 2 atom stereocenters. The van der Waals surface area contributed by atoms with Crippen molar-refractivity contribution in [1.82, 2.24) is 10.6 Å². The number of allylic oxidation sites excluding steroid dienone is 1. The molecule has 0 aliphatic carbocycles. The lowest BCUT2D eigenvalue weighted by molar-refractivity contribution is -0.150. The summed E-state index contributed by atoms with van der Waals surface area (Å²) < 4.78 is 15.4. The molecule has 1 aliphatic heterocycles. The first-order valence-corrected chi connectivity index (χ1v) is 8.58. The second kappa shape index (κ2) is 8.66. The van der Waals surface area contributed by atoms with Gasteiger partial charge in [-0.05, 0) is 50.7 Å². The van der Waals surface area contributed by atoms with Crippen molar-refractivity contribution in [2.45, 2.75) is 32.9 Å². The van der Waals surface area contributed by atoms with Gasteiger partial charge in [-0.2, -0.15) is 0 Å². The van der Waals surface area contributed by atoms with Crippen LogP contribution in [-0.4, -0.2) is 36.9 Å². The molecule has 0 unspecified atom stereocenters. The van der Waals surface area contributed by atoms with Gasteiger partial charge in [0.05, 0.1) is 25.3 Å². The topological polar surface area (TPSA) is 85.9 Å². The third-order valence-corrected chi connectivity index (χ3v) is 4.04. The second-order valence-corrected chi connectivity index (χ2v) is 6.05. The van der Waals surface area contributed by atoms with Crippen molar-refractivity contribution in [3.05, 3.63) is 41.1 Å². The summed E-state index contributed by atoms with van der Waals surface area (Å²) in [5.74, 6) is -0.342. The minimum Gasteiger partial charge on any atom is -0.479 e. The van der Waals surface area contributed by atoms with Gasteiger partial charge in [0.15, 0.2) is 11.2 Å². The van der Waals surface area contributed by atoms with Crippen LogP contribution in [0.2, 0.25) is 0 Å². The lowest BCUT2D eigenvalue weighted by atomic mass is 9.95. The summed E-state index contributed by atoms with van der Waals surface area (Å²) in [7, 11) is 1.33. The lowest BCUT2D eigenvalue weighted by Crippen LogP contribution is -2.45. The van der Waals surface area contributed by atoms with Crippen LogP contribution in [0.25, 0.3) is 0 Å². The molecule has 140 valence electrons. The number of methoxy groups -OCH3 is 1. The summed E-state index contributed by atoms with van der Waals surface area (Å²) in [4.78, 5) is 23.8. The van der Waals surface area contributed by atoms with Crippen molar-refractivity contribution in [1.29, 1.82) is 0 Å². The summed E-state index contributed by atoms with van der Waals surface area (Å²) >= 11 is 5.19. The molecule has 0 radical (unpaired) electrons. The van der Waals surface area contributed by atoms with E-state index in [0.29, 0.717) is 28.7 Å². The summed E-state index contributed by atoms with van der Waals surface area (Å²) in [6.07, 6.45) is -0.710. The maximum absolute atomic E-state index is 12.1. The molecule has 1 aliphatic rings. The van der Waals surface area contributed by atoms with Crippen molar-refractivity contribution < 1.29 is 23.8 Å². The van der Waals surface area contributed by atoms with Crippen LogP contribution < -0.4 is 15.4 Å². The van der Waals surface area contributed by atoms with E-state index in [0.717, 1.165) is 5.56 Å². The molecule has 0 spiro atoms. The number of rotatable bonds is 6. The van der Waals surface area contributed by atoms with Crippen molar-refractivity contribution in [2.24, 2.45) is 0 Å². The zero-order valence-corrected chi connectivity index (χ0v) is 15.9. The van der Waals surface area contributed by atoms with Gasteiger partial charge in [0.1, 0.15) is 5.75 Å². The molecule has 26 heavy (non-hydrogen) atoms. The predicted octanol–water partition coefficient (Wildman–Crippen LogP) is 1.98. The standard InChI is InChI=1S/C18H22N2O5S/c1-5-24-16(21)11(3)25-13-8-6-12(7-9-13)15-14(17(22)23-4)10(2)19-18(26)20-15/h6-9,11,15H,5H2,1-4H3,(H2,19,20,26)/t11-,15+/m0/s1. The Morgan fingerprint density at radius 2 is 1.92 bits per heavy atom. The third-order valence-electron chi connectivity index (χ3n) is 3.82. The molecule has 0 saturated carbocycles. The Balaban J connectivity index is 2.20. The first kappa shape index (κ1) is 19.7. The Morgan fingerprint density at radius 3 is 2.50 bits per heavy atom. The number of nitrogens with one attached hydrogen (secondary N) is 2. The maximum Gasteiger partial charge on any atom is 0.347 e. The molecule has 0 aromatic heterocycles. The Kier molecular flexibility index (Phi) is 6.57. The van der Waals surface area contributed by atoms with Gasteiger partial charge in [-0.3, -0.25) is 0 Å². The fourth-order valence-corrected chi connectivity index (χ4v) is 2.85. The zero-order chi connectivity index (χ0) is 19.3. The van der Waals surface area contributed by atoms with Crippen LogP contribution in [0.5, 0.6) is 5.75 Å². The van der Waals surface area contributed by atoms with Crippen LogP contribution in [0.4, 0.5) is 0 Å². The van der Waals surface area contributed by atoms with Crippen LogP contribution >= 0.6 is 12.2 Å². The van der Waals surface area contributed by atoms with Crippen molar-refractivity contribution in [3.63, 3.8) is 0 Å². The van der Waals surface area contributed by atoms with E-state index in [-0.39, 0.29) is 0 Å². The highest BCUT2D eigenvalue weighted by Crippen LogP contribution is 2.29.